The lowest BCUT2D eigenvalue weighted by Crippen LogP contribution is -1.96. The zero-order valence-corrected chi connectivity index (χ0v) is 33.5. The Morgan fingerprint density at radius 3 is 1.48 bits per heavy atom. The van der Waals surface area contributed by atoms with Gasteiger partial charge in [0.25, 0.3) is 0 Å². The van der Waals surface area contributed by atoms with Gasteiger partial charge in [-0.15, -0.1) is 0 Å². The van der Waals surface area contributed by atoms with Crippen molar-refractivity contribution < 1.29 is 4.42 Å². The van der Waals surface area contributed by atoms with Crippen LogP contribution >= 0.6 is 0 Å². The smallest absolute Gasteiger partial charge is 0.160 e. The van der Waals surface area contributed by atoms with Crippen molar-refractivity contribution in [3.63, 3.8) is 0 Å². The maximum Gasteiger partial charge on any atom is 0.160 e. The van der Waals surface area contributed by atoms with Crippen molar-refractivity contribution in [2.75, 3.05) is 0 Å². The maximum absolute atomic E-state index is 6.50. The number of nitrogens with zero attached hydrogens (tertiary/aromatic N) is 3. The van der Waals surface area contributed by atoms with Gasteiger partial charge in [0, 0.05) is 54.6 Å². The number of fused-ring (bicyclic) bond motifs is 9. The highest BCUT2D eigenvalue weighted by molar-refractivity contribution is 6.24. The van der Waals surface area contributed by atoms with Gasteiger partial charge in [-0.3, -0.25) is 0 Å². The van der Waals surface area contributed by atoms with Gasteiger partial charge in [0.15, 0.2) is 5.82 Å². The average molecular weight is 790 g/mol. The first-order chi connectivity index (χ1) is 30.7. The maximum atomic E-state index is 6.50. The summed E-state index contributed by atoms with van der Waals surface area (Å²) in [6.07, 6.45) is 0. The minimum absolute atomic E-state index is 0.698. The molecule has 4 nitrogen and oxygen atoms in total. The predicted octanol–water partition coefficient (Wildman–Crippen LogP) is 15.5. The van der Waals surface area contributed by atoms with Gasteiger partial charge in [-0.25, -0.2) is 9.97 Å². The summed E-state index contributed by atoms with van der Waals surface area (Å²) < 4.78 is 8.97. The second-order valence-corrected chi connectivity index (χ2v) is 16.1. The second-order valence-electron chi connectivity index (χ2n) is 16.1. The molecule has 9 aromatic carbocycles. The number of para-hydroxylation sites is 3. The molecule has 13 rings (SSSR count). The van der Waals surface area contributed by atoms with Crippen LogP contribution in [0.15, 0.2) is 217 Å². The monoisotopic (exact) mass is 789 g/mol. The van der Waals surface area contributed by atoms with E-state index in [0.29, 0.717) is 5.82 Å². The van der Waals surface area contributed by atoms with E-state index >= 15 is 0 Å². The Morgan fingerprint density at radius 2 is 0.806 bits per heavy atom. The van der Waals surface area contributed by atoms with Gasteiger partial charge >= 0.3 is 0 Å². The fraction of sp³-hybridized carbons (Fsp3) is 0. The van der Waals surface area contributed by atoms with Crippen molar-refractivity contribution in [2.24, 2.45) is 0 Å². The van der Waals surface area contributed by atoms with Gasteiger partial charge in [0.2, 0.25) is 0 Å². The normalized spacial score (nSPS) is 11.9. The summed E-state index contributed by atoms with van der Waals surface area (Å²) in [5.41, 5.74) is 17.1. The third-order valence-corrected chi connectivity index (χ3v) is 12.5. The summed E-state index contributed by atoms with van der Waals surface area (Å²) in [5.74, 6) is 0.698. The van der Waals surface area contributed by atoms with Gasteiger partial charge in [-0.1, -0.05) is 176 Å². The molecule has 0 saturated heterocycles. The first kappa shape index (κ1) is 34.5. The van der Waals surface area contributed by atoms with Crippen LogP contribution in [0.1, 0.15) is 0 Å². The van der Waals surface area contributed by atoms with Crippen LogP contribution in [0.25, 0.3) is 127 Å². The van der Waals surface area contributed by atoms with Crippen molar-refractivity contribution in [3.8, 4) is 67.3 Å². The highest BCUT2D eigenvalue weighted by atomic mass is 16.3. The van der Waals surface area contributed by atoms with Crippen LogP contribution in [0.4, 0.5) is 0 Å². The standard InChI is InChI=1S/C58H35N3O/c1-3-13-36(14-4-1)51-35-52(37-15-5-2-6-16-37)60-58(59-51)43-20-10-19-40(32-43)38-17-9-18-39(31-38)41-27-29-45-48-23-12-24-49-46-30-28-42(34-54(46)61(56(48)49)53(45)33-41)44-22-11-25-50-47-21-7-8-26-55(47)62-57(44)50/h1-35H. The Balaban J connectivity index is 0.923. The summed E-state index contributed by atoms with van der Waals surface area (Å²) >= 11 is 0. The molecule has 4 heteroatoms. The van der Waals surface area contributed by atoms with Crippen LogP contribution in [-0.4, -0.2) is 14.4 Å². The van der Waals surface area contributed by atoms with E-state index in [1.165, 1.54) is 43.7 Å². The van der Waals surface area contributed by atoms with E-state index in [4.69, 9.17) is 14.4 Å². The van der Waals surface area contributed by atoms with Gasteiger partial charge in [-0.05, 0) is 64.2 Å². The highest BCUT2D eigenvalue weighted by Crippen LogP contribution is 2.43. The van der Waals surface area contributed by atoms with E-state index in [9.17, 15) is 0 Å². The molecule has 0 aliphatic heterocycles. The molecule has 0 spiro atoms. The fourth-order valence-electron chi connectivity index (χ4n) is 9.61. The largest absolute Gasteiger partial charge is 0.455 e. The molecule has 0 bridgehead atoms. The van der Waals surface area contributed by atoms with Gasteiger partial charge in [-0.2, -0.15) is 0 Å². The molecule has 0 atom stereocenters. The molecule has 0 fully saturated rings. The van der Waals surface area contributed by atoms with E-state index in [1.54, 1.807) is 0 Å². The molecule has 62 heavy (non-hydrogen) atoms. The van der Waals surface area contributed by atoms with E-state index in [0.717, 1.165) is 77.8 Å². The van der Waals surface area contributed by atoms with Crippen molar-refractivity contribution in [1.29, 1.82) is 0 Å². The zero-order chi connectivity index (χ0) is 40.7. The molecule has 0 saturated carbocycles. The molecule has 0 radical (unpaired) electrons. The summed E-state index contributed by atoms with van der Waals surface area (Å²) in [4.78, 5) is 10.2. The number of rotatable bonds is 6. The van der Waals surface area contributed by atoms with Crippen LogP contribution < -0.4 is 0 Å². The molecule has 4 aromatic heterocycles. The number of hydrogen-bond donors (Lipinski definition) is 0. The lowest BCUT2D eigenvalue weighted by molar-refractivity contribution is 0.670. The first-order valence-corrected chi connectivity index (χ1v) is 21.1. The number of benzene rings is 9. The van der Waals surface area contributed by atoms with Crippen LogP contribution in [0.5, 0.6) is 0 Å². The third kappa shape index (κ3) is 5.40. The fourth-order valence-corrected chi connectivity index (χ4v) is 9.61. The van der Waals surface area contributed by atoms with E-state index in [-0.39, 0.29) is 0 Å². The van der Waals surface area contributed by atoms with E-state index in [2.05, 4.69) is 192 Å². The Hall–Kier alpha value is -8.34. The SMILES string of the molecule is c1ccc(-c2cc(-c3ccccc3)nc(-c3cccc(-c4cccc(-c5ccc6c7cccc8c9ccc(-c%10cccc%11c%10oc%10ccccc%10%11)cc9n(c6c5)c78)c4)c3)n2)cc1. The van der Waals surface area contributed by atoms with Gasteiger partial charge < -0.3 is 8.82 Å². The molecule has 0 aliphatic rings. The molecule has 13 aromatic rings. The second kappa shape index (κ2) is 13.6. The van der Waals surface area contributed by atoms with E-state index in [1.807, 2.05) is 24.3 Å². The Labute approximate surface area is 357 Å². The summed E-state index contributed by atoms with van der Waals surface area (Å²) in [6, 6.07) is 75.5. The van der Waals surface area contributed by atoms with E-state index < -0.39 is 0 Å². The summed E-state index contributed by atoms with van der Waals surface area (Å²) in [5, 5.41) is 7.30. The number of aromatic nitrogens is 3. The van der Waals surface area contributed by atoms with Crippen molar-refractivity contribution >= 4 is 60.0 Å². The van der Waals surface area contributed by atoms with Crippen molar-refractivity contribution in [2.45, 2.75) is 0 Å². The minimum atomic E-state index is 0.698. The Kier molecular flexibility index (Phi) is 7.57. The zero-order valence-electron chi connectivity index (χ0n) is 33.5. The first-order valence-electron chi connectivity index (χ1n) is 21.1. The molecular formula is C58H35N3O. The quantitative estimate of drug-likeness (QED) is 0.168. The van der Waals surface area contributed by atoms with Gasteiger partial charge in [0.05, 0.1) is 27.9 Å². The third-order valence-electron chi connectivity index (χ3n) is 12.5. The molecule has 0 amide bonds. The molecule has 0 N–H and O–H groups in total. The van der Waals surface area contributed by atoms with Crippen molar-refractivity contribution in [1.82, 2.24) is 14.4 Å². The lowest BCUT2D eigenvalue weighted by atomic mass is 9.97. The Morgan fingerprint density at radius 1 is 0.323 bits per heavy atom. The van der Waals surface area contributed by atoms with Crippen LogP contribution in [0.2, 0.25) is 0 Å². The topological polar surface area (TPSA) is 43.3 Å². The van der Waals surface area contributed by atoms with Crippen LogP contribution in [-0.2, 0) is 0 Å². The van der Waals surface area contributed by atoms with Crippen molar-refractivity contribution in [3.05, 3.63) is 212 Å². The number of furan rings is 1. The predicted molar refractivity (Wildman–Crippen MR) is 257 cm³/mol. The van der Waals surface area contributed by atoms with Crippen LogP contribution in [0.3, 0.4) is 0 Å². The lowest BCUT2D eigenvalue weighted by Gasteiger charge is -2.11. The molecule has 0 aliphatic carbocycles. The molecular weight excluding hydrogens is 755 g/mol. The number of hydrogen-bond acceptors (Lipinski definition) is 3. The minimum Gasteiger partial charge on any atom is -0.455 e. The molecule has 4 heterocycles. The molecule has 288 valence electrons. The van der Waals surface area contributed by atoms with Crippen LogP contribution in [0, 0.1) is 0 Å². The Bertz CT molecular complexity index is 3800. The highest BCUT2D eigenvalue weighted by Gasteiger charge is 2.20. The molecule has 0 unspecified atom stereocenters. The average Bonchev–Trinajstić information content (AvgIpc) is 4.01. The summed E-state index contributed by atoms with van der Waals surface area (Å²) in [7, 11) is 0. The van der Waals surface area contributed by atoms with Gasteiger partial charge in [0.1, 0.15) is 11.2 Å². The summed E-state index contributed by atoms with van der Waals surface area (Å²) in [6.45, 7) is 0.